The summed E-state index contributed by atoms with van der Waals surface area (Å²) in [7, 11) is 2.73. The number of hydrogen-bond donors (Lipinski definition) is 1. The highest BCUT2D eigenvalue weighted by Crippen LogP contribution is 2.31. The van der Waals surface area contributed by atoms with Gasteiger partial charge < -0.3 is 10.2 Å². The van der Waals surface area contributed by atoms with Crippen molar-refractivity contribution >= 4 is 22.8 Å². The van der Waals surface area contributed by atoms with E-state index in [1.165, 1.54) is 43.3 Å². The van der Waals surface area contributed by atoms with Gasteiger partial charge in [-0.15, -0.1) is 0 Å². The zero-order valence-electron chi connectivity index (χ0n) is 18.9. The number of carbonyl (C=O) groups is 2. The van der Waals surface area contributed by atoms with Crippen LogP contribution < -0.4 is 16.6 Å². The standard InChI is InChI=1S/C23H22F3N5O4/c1-29-19-15(21(34)30(2)22(29)35)8-9-16(27-19)20(33)28-17(12-31-10-4-7-18(31)32)13-5-3-6-14(11-13)23(24,25)26/h3,5-6,8-9,11,17H,4,7,10,12H2,1-2H3,(H,28,33). The van der Waals surface area contributed by atoms with E-state index in [2.05, 4.69) is 10.3 Å². The Bertz CT molecular complexity index is 1440. The maximum Gasteiger partial charge on any atom is 0.416 e. The third kappa shape index (κ3) is 4.68. The molecule has 1 saturated heterocycles. The number of halogens is 3. The summed E-state index contributed by atoms with van der Waals surface area (Å²) in [4.78, 5) is 55.5. The molecule has 2 amide bonds. The van der Waals surface area contributed by atoms with E-state index in [4.69, 9.17) is 0 Å². The molecule has 184 valence electrons. The minimum atomic E-state index is -4.58. The number of pyridine rings is 1. The highest BCUT2D eigenvalue weighted by Gasteiger charge is 2.32. The second-order valence-corrected chi connectivity index (χ2v) is 8.37. The Morgan fingerprint density at radius 2 is 1.86 bits per heavy atom. The van der Waals surface area contributed by atoms with Gasteiger partial charge in [-0.1, -0.05) is 12.1 Å². The van der Waals surface area contributed by atoms with E-state index in [1.807, 2.05) is 0 Å². The maximum absolute atomic E-state index is 13.3. The van der Waals surface area contributed by atoms with E-state index in [0.29, 0.717) is 19.4 Å². The van der Waals surface area contributed by atoms with Gasteiger partial charge in [-0.2, -0.15) is 13.2 Å². The van der Waals surface area contributed by atoms with Gasteiger partial charge in [-0.25, -0.2) is 9.78 Å². The van der Waals surface area contributed by atoms with Crippen molar-refractivity contribution in [3.8, 4) is 0 Å². The second kappa shape index (κ2) is 9.01. The Balaban J connectivity index is 1.71. The molecule has 0 saturated carbocycles. The molecule has 2 aromatic heterocycles. The van der Waals surface area contributed by atoms with Gasteiger partial charge in [0.2, 0.25) is 5.91 Å². The van der Waals surface area contributed by atoms with E-state index in [0.717, 1.165) is 21.3 Å². The number of carbonyl (C=O) groups excluding carboxylic acids is 2. The lowest BCUT2D eigenvalue weighted by Gasteiger charge is -2.25. The van der Waals surface area contributed by atoms with Crippen LogP contribution in [0.25, 0.3) is 11.0 Å². The number of fused-ring (bicyclic) bond motifs is 1. The number of rotatable bonds is 5. The quantitative estimate of drug-likeness (QED) is 0.588. The van der Waals surface area contributed by atoms with Crippen LogP contribution in [0, 0.1) is 0 Å². The topological polar surface area (TPSA) is 106 Å². The summed E-state index contributed by atoms with van der Waals surface area (Å²) in [6, 6.07) is 6.26. The van der Waals surface area contributed by atoms with Crippen LogP contribution in [0.1, 0.15) is 40.5 Å². The predicted molar refractivity (Wildman–Crippen MR) is 120 cm³/mol. The van der Waals surface area contributed by atoms with Crippen molar-refractivity contribution in [1.82, 2.24) is 24.3 Å². The highest BCUT2D eigenvalue weighted by molar-refractivity contribution is 5.94. The summed E-state index contributed by atoms with van der Waals surface area (Å²) >= 11 is 0. The summed E-state index contributed by atoms with van der Waals surface area (Å²) in [5.74, 6) is -0.875. The molecule has 0 bridgehead atoms. The summed E-state index contributed by atoms with van der Waals surface area (Å²) in [5.41, 5.74) is -2.04. The number of likely N-dealkylation sites (tertiary alicyclic amines) is 1. The lowest BCUT2D eigenvalue weighted by molar-refractivity contribution is -0.137. The van der Waals surface area contributed by atoms with Gasteiger partial charge in [-0.05, 0) is 36.2 Å². The molecule has 35 heavy (non-hydrogen) atoms. The normalized spacial score (nSPS) is 15.0. The largest absolute Gasteiger partial charge is 0.416 e. The van der Waals surface area contributed by atoms with E-state index in [-0.39, 0.29) is 34.7 Å². The minimum absolute atomic E-state index is 0.00362. The lowest BCUT2D eigenvalue weighted by atomic mass is 10.0. The van der Waals surface area contributed by atoms with Crippen LogP contribution in [0.5, 0.6) is 0 Å². The Labute approximate surface area is 196 Å². The predicted octanol–water partition coefficient (Wildman–Crippen LogP) is 1.74. The second-order valence-electron chi connectivity index (χ2n) is 8.37. The average Bonchev–Trinajstić information content (AvgIpc) is 3.24. The molecular formula is C23H22F3N5O4. The Morgan fingerprint density at radius 1 is 1.11 bits per heavy atom. The highest BCUT2D eigenvalue weighted by atomic mass is 19.4. The Hall–Kier alpha value is -3.96. The van der Waals surface area contributed by atoms with Crippen molar-refractivity contribution in [3.05, 3.63) is 74.1 Å². The van der Waals surface area contributed by atoms with Gasteiger partial charge in [0.25, 0.3) is 11.5 Å². The molecule has 0 spiro atoms. The fraction of sp³-hybridized carbons (Fsp3) is 0.348. The lowest BCUT2D eigenvalue weighted by Crippen LogP contribution is -2.39. The smallest absolute Gasteiger partial charge is 0.342 e. The van der Waals surface area contributed by atoms with Gasteiger partial charge in [0.1, 0.15) is 11.3 Å². The van der Waals surface area contributed by atoms with Crippen molar-refractivity contribution in [3.63, 3.8) is 0 Å². The van der Waals surface area contributed by atoms with Crippen molar-refractivity contribution in [2.75, 3.05) is 13.1 Å². The maximum atomic E-state index is 13.3. The first-order valence-corrected chi connectivity index (χ1v) is 10.8. The Morgan fingerprint density at radius 3 is 2.51 bits per heavy atom. The molecule has 9 nitrogen and oxygen atoms in total. The Kier molecular flexibility index (Phi) is 6.22. The molecule has 1 aliphatic heterocycles. The molecule has 3 heterocycles. The number of nitrogens with one attached hydrogen (secondary N) is 1. The van der Waals surface area contributed by atoms with Crippen LogP contribution in [0.4, 0.5) is 13.2 Å². The van der Waals surface area contributed by atoms with Gasteiger partial charge in [0.15, 0.2) is 0 Å². The van der Waals surface area contributed by atoms with Gasteiger partial charge in [0, 0.05) is 33.6 Å². The molecule has 1 atom stereocenters. The number of benzene rings is 1. The first-order valence-electron chi connectivity index (χ1n) is 10.8. The van der Waals surface area contributed by atoms with E-state index < -0.39 is 34.9 Å². The SMILES string of the molecule is Cn1c(=O)c2ccc(C(=O)NC(CN3CCCC3=O)c3cccc(C(F)(F)F)c3)nc2n(C)c1=O. The molecule has 1 N–H and O–H groups in total. The van der Waals surface area contributed by atoms with Crippen LogP contribution >= 0.6 is 0 Å². The van der Waals surface area contributed by atoms with E-state index in [1.54, 1.807) is 0 Å². The number of aryl methyl sites for hydroxylation is 1. The van der Waals surface area contributed by atoms with Crippen molar-refractivity contribution < 1.29 is 22.8 Å². The van der Waals surface area contributed by atoms with Crippen LogP contribution in [0.15, 0.2) is 46.0 Å². The molecule has 4 rings (SSSR count). The average molecular weight is 489 g/mol. The summed E-state index contributed by atoms with van der Waals surface area (Å²) in [6.45, 7) is 0.419. The van der Waals surface area contributed by atoms with E-state index >= 15 is 0 Å². The third-order valence-corrected chi connectivity index (χ3v) is 6.03. The molecule has 12 heteroatoms. The van der Waals surface area contributed by atoms with Gasteiger partial charge in [-0.3, -0.25) is 23.5 Å². The van der Waals surface area contributed by atoms with Gasteiger partial charge in [0.05, 0.1) is 17.0 Å². The summed E-state index contributed by atoms with van der Waals surface area (Å²) in [5, 5.41) is 2.80. The third-order valence-electron chi connectivity index (χ3n) is 6.03. The molecular weight excluding hydrogens is 467 g/mol. The molecule has 1 aliphatic rings. The first kappa shape index (κ1) is 24.2. The monoisotopic (exact) mass is 489 g/mol. The molecule has 0 aliphatic carbocycles. The number of alkyl halides is 3. The summed E-state index contributed by atoms with van der Waals surface area (Å²) in [6.07, 6.45) is -3.62. The molecule has 1 aromatic carbocycles. The van der Waals surface area contributed by atoms with Gasteiger partial charge >= 0.3 is 11.9 Å². The summed E-state index contributed by atoms with van der Waals surface area (Å²) < 4.78 is 41.9. The van der Waals surface area contributed by atoms with E-state index in [9.17, 15) is 32.3 Å². The zero-order chi connectivity index (χ0) is 25.5. The zero-order valence-corrected chi connectivity index (χ0v) is 18.9. The van der Waals surface area contributed by atoms with Crippen molar-refractivity contribution in [2.24, 2.45) is 14.1 Å². The van der Waals surface area contributed by atoms with Crippen LogP contribution in [0.2, 0.25) is 0 Å². The minimum Gasteiger partial charge on any atom is -0.342 e. The molecule has 1 fully saturated rings. The number of amides is 2. The van der Waals surface area contributed by atoms with Crippen LogP contribution in [0.3, 0.4) is 0 Å². The van der Waals surface area contributed by atoms with Crippen molar-refractivity contribution in [1.29, 1.82) is 0 Å². The number of nitrogens with zero attached hydrogens (tertiary/aromatic N) is 4. The fourth-order valence-electron chi connectivity index (χ4n) is 4.10. The first-order chi connectivity index (χ1) is 16.5. The fourth-order valence-corrected chi connectivity index (χ4v) is 4.10. The molecule has 3 aromatic rings. The number of hydrogen-bond acceptors (Lipinski definition) is 5. The number of aromatic nitrogens is 3. The van der Waals surface area contributed by atoms with Crippen molar-refractivity contribution in [2.45, 2.75) is 25.1 Å². The van der Waals surface area contributed by atoms with Crippen LogP contribution in [-0.4, -0.2) is 43.9 Å². The molecule has 0 radical (unpaired) electrons. The molecule has 1 unspecified atom stereocenters. The van der Waals surface area contributed by atoms with Crippen LogP contribution in [-0.2, 0) is 25.1 Å².